The standard InChI is InChI=1S/C18H20N2O3S/c1-22-16-6-3-2-5-14(16)11-20(8-9-21)12-15-13-24-18(19-15)17-7-4-10-23-17/h2-7,10,13,21H,8-9,11-12H2,1H3. The topological polar surface area (TPSA) is 58.7 Å². The van der Waals surface area contributed by atoms with E-state index in [1.165, 1.54) is 0 Å². The molecule has 1 N–H and O–H groups in total. The number of aliphatic hydroxyl groups excluding tert-OH is 1. The normalized spacial score (nSPS) is 11.1. The average molecular weight is 344 g/mol. The minimum atomic E-state index is 0.102. The lowest BCUT2D eigenvalue weighted by Crippen LogP contribution is -2.26. The lowest BCUT2D eigenvalue weighted by Gasteiger charge is -2.21. The van der Waals surface area contributed by atoms with Crippen LogP contribution in [0.1, 0.15) is 11.3 Å². The van der Waals surface area contributed by atoms with Crippen molar-refractivity contribution in [1.82, 2.24) is 9.88 Å². The first-order valence-corrected chi connectivity index (χ1v) is 8.61. The molecule has 0 radical (unpaired) electrons. The van der Waals surface area contributed by atoms with Crippen LogP contribution in [-0.4, -0.2) is 35.3 Å². The third-order valence-electron chi connectivity index (χ3n) is 3.67. The van der Waals surface area contributed by atoms with Crippen LogP contribution in [0.25, 0.3) is 10.8 Å². The quantitative estimate of drug-likeness (QED) is 0.679. The molecule has 0 aliphatic rings. The second-order valence-corrected chi connectivity index (χ2v) is 6.23. The number of rotatable bonds is 8. The molecule has 2 aromatic heterocycles. The number of ether oxygens (including phenoxy) is 1. The summed E-state index contributed by atoms with van der Waals surface area (Å²) in [6.07, 6.45) is 1.65. The van der Waals surface area contributed by atoms with Gasteiger partial charge in [-0.25, -0.2) is 4.98 Å². The first-order chi connectivity index (χ1) is 11.8. The fourth-order valence-corrected chi connectivity index (χ4v) is 3.33. The van der Waals surface area contributed by atoms with Crippen molar-refractivity contribution in [3.05, 3.63) is 59.3 Å². The Morgan fingerprint density at radius 2 is 2.08 bits per heavy atom. The van der Waals surface area contributed by atoms with Crippen molar-refractivity contribution in [3.8, 4) is 16.5 Å². The molecule has 0 spiro atoms. The highest BCUT2D eigenvalue weighted by Crippen LogP contribution is 2.25. The van der Waals surface area contributed by atoms with Gasteiger partial charge in [-0.1, -0.05) is 18.2 Å². The van der Waals surface area contributed by atoms with Crippen LogP contribution in [0, 0.1) is 0 Å². The van der Waals surface area contributed by atoms with Gasteiger partial charge in [-0.05, 0) is 18.2 Å². The molecule has 6 heteroatoms. The number of para-hydroxylation sites is 1. The molecule has 0 unspecified atom stereocenters. The van der Waals surface area contributed by atoms with E-state index in [0.717, 1.165) is 27.8 Å². The van der Waals surface area contributed by atoms with Crippen molar-refractivity contribution in [3.63, 3.8) is 0 Å². The van der Waals surface area contributed by atoms with E-state index in [-0.39, 0.29) is 6.61 Å². The van der Waals surface area contributed by atoms with Crippen LogP contribution < -0.4 is 4.74 Å². The summed E-state index contributed by atoms with van der Waals surface area (Å²) < 4.78 is 10.8. The van der Waals surface area contributed by atoms with Gasteiger partial charge >= 0.3 is 0 Å². The second kappa shape index (κ2) is 8.10. The second-order valence-electron chi connectivity index (χ2n) is 5.37. The molecule has 0 saturated carbocycles. The van der Waals surface area contributed by atoms with Gasteiger partial charge in [0.25, 0.3) is 0 Å². The van der Waals surface area contributed by atoms with Crippen LogP contribution in [0.2, 0.25) is 0 Å². The summed E-state index contributed by atoms with van der Waals surface area (Å²) in [5.41, 5.74) is 2.06. The summed E-state index contributed by atoms with van der Waals surface area (Å²) in [6, 6.07) is 11.7. The Labute approximate surface area is 145 Å². The third kappa shape index (κ3) is 4.03. The molecule has 0 amide bonds. The monoisotopic (exact) mass is 344 g/mol. The largest absolute Gasteiger partial charge is 0.496 e. The molecule has 2 heterocycles. The Balaban J connectivity index is 1.72. The molecular formula is C18H20N2O3S. The van der Waals surface area contributed by atoms with E-state index in [9.17, 15) is 5.11 Å². The summed E-state index contributed by atoms with van der Waals surface area (Å²) in [4.78, 5) is 6.78. The van der Waals surface area contributed by atoms with Crippen molar-refractivity contribution in [2.24, 2.45) is 0 Å². The summed E-state index contributed by atoms with van der Waals surface area (Å²) in [7, 11) is 1.67. The van der Waals surface area contributed by atoms with E-state index in [1.54, 1.807) is 24.7 Å². The summed E-state index contributed by atoms with van der Waals surface area (Å²) in [5.74, 6) is 1.64. The van der Waals surface area contributed by atoms with E-state index in [0.29, 0.717) is 19.6 Å². The van der Waals surface area contributed by atoms with Gasteiger partial charge in [0.2, 0.25) is 0 Å². The zero-order valence-electron chi connectivity index (χ0n) is 13.5. The number of hydrogen-bond donors (Lipinski definition) is 1. The third-order valence-corrected chi connectivity index (χ3v) is 4.58. The van der Waals surface area contributed by atoms with Gasteiger partial charge in [0, 0.05) is 30.6 Å². The van der Waals surface area contributed by atoms with Crippen molar-refractivity contribution in [2.75, 3.05) is 20.3 Å². The van der Waals surface area contributed by atoms with Crippen LogP contribution in [0.5, 0.6) is 5.75 Å². The molecule has 0 atom stereocenters. The van der Waals surface area contributed by atoms with Gasteiger partial charge in [0.1, 0.15) is 5.75 Å². The van der Waals surface area contributed by atoms with Gasteiger partial charge < -0.3 is 14.3 Å². The lowest BCUT2D eigenvalue weighted by atomic mass is 10.2. The van der Waals surface area contributed by atoms with Crippen LogP contribution in [0.4, 0.5) is 0 Å². The summed E-state index contributed by atoms with van der Waals surface area (Å²) in [5, 5.41) is 12.3. The maximum absolute atomic E-state index is 9.37. The Hall–Kier alpha value is -2.15. The number of hydrogen-bond acceptors (Lipinski definition) is 6. The number of nitrogens with zero attached hydrogens (tertiary/aromatic N) is 2. The van der Waals surface area contributed by atoms with Crippen molar-refractivity contribution < 1.29 is 14.3 Å². The Bertz CT molecular complexity index is 755. The zero-order chi connectivity index (χ0) is 16.8. The predicted molar refractivity (Wildman–Crippen MR) is 94.0 cm³/mol. The van der Waals surface area contributed by atoms with Gasteiger partial charge in [0.15, 0.2) is 10.8 Å². The smallest absolute Gasteiger partial charge is 0.162 e. The van der Waals surface area contributed by atoms with E-state index < -0.39 is 0 Å². The fourth-order valence-electron chi connectivity index (χ4n) is 2.55. The van der Waals surface area contributed by atoms with E-state index in [4.69, 9.17) is 9.15 Å². The molecule has 1 aromatic carbocycles. The molecule has 5 nitrogen and oxygen atoms in total. The number of furan rings is 1. The number of methoxy groups -OCH3 is 1. The molecule has 3 rings (SSSR count). The predicted octanol–water partition coefficient (Wildman–Crippen LogP) is 3.41. The highest BCUT2D eigenvalue weighted by molar-refractivity contribution is 7.13. The molecule has 0 saturated heterocycles. The first kappa shape index (κ1) is 16.7. The maximum Gasteiger partial charge on any atom is 0.162 e. The highest BCUT2D eigenvalue weighted by atomic mass is 32.1. The van der Waals surface area contributed by atoms with E-state index in [2.05, 4.69) is 9.88 Å². The first-order valence-electron chi connectivity index (χ1n) is 7.73. The highest BCUT2D eigenvalue weighted by Gasteiger charge is 2.13. The van der Waals surface area contributed by atoms with E-state index >= 15 is 0 Å². The Morgan fingerprint density at radius 1 is 1.21 bits per heavy atom. The summed E-state index contributed by atoms with van der Waals surface area (Å²) in [6.45, 7) is 2.03. The molecule has 24 heavy (non-hydrogen) atoms. The molecule has 0 bridgehead atoms. The van der Waals surface area contributed by atoms with Gasteiger partial charge in [0.05, 0.1) is 25.7 Å². The number of aliphatic hydroxyl groups is 1. The number of benzene rings is 1. The van der Waals surface area contributed by atoms with Gasteiger partial charge in [-0.15, -0.1) is 11.3 Å². The van der Waals surface area contributed by atoms with Gasteiger partial charge in [-0.3, -0.25) is 4.90 Å². The van der Waals surface area contributed by atoms with Crippen LogP contribution in [0.15, 0.2) is 52.5 Å². The van der Waals surface area contributed by atoms with Crippen LogP contribution >= 0.6 is 11.3 Å². The minimum Gasteiger partial charge on any atom is -0.496 e. The summed E-state index contributed by atoms with van der Waals surface area (Å²) >= 11 is 1.56. The Kier molecular flexibility index (Phi) is 5.63. The van der Waals surface area contributed by atoms with E-state index in [1.807, 2.05) is 41.8 Å². The number of thiazole rings is 1. The van der Waals surface area contributed by atoms with Crippen LogP contribution in [-0.2, 0) is 13.1 Å². The van der Waals surface area contributed by atoms with Gasteiger partial charge in [-0.2, -0.15) is 0 Å². The number of aromatic nitrogens is 1. The zero-order valence-corrected chi connectivity index (χ0v) is 14.3. The molecule has 0 aliphatic carbocycles. The van der Waals surface area contributed by atoms with Crippen molar-refractivity contribution in [1.29, 1.82) is 0 Å². The lowest BCUT2D eigenvalue weighted by molar-refractivity contribution is 0.181. The molecule has 3 aromatic rings. The molecule has 126 valence electrons. The van der Waals surface area contributed by atoms with Crippen LogP contribution in [0.3, 0.4) is 0 Å². The van der Waals surface area contributed by atoms with Crippen molar-refractivity contribution >= 4 is 11.3 Å². The molecule has 0 aliphatic heterocycles. The van der Waals surface area contributed by atoms with Crippen molar-refractivity contribution in [2.45, 2.75) is 13.1 Å². The molecule has 0 fully saturated rings. The minimum absolute atomic E-state index is 0.102. The SMILES string of the molecule is COc1ccccc1CN(CCO)Cc1csc(-c2ccco2)n1. The Morgan fingerprint density at radius 3 is 2.83 bits per heavy atom. The molecular weight excluding hydrogens is 324 g/mol. The fraction of sp³-hybridized carbons (Fsp3) is 0.278. The average Bonchev–Trinajstić information content (AvgIpc) is 3.26. The maximum atomic E-state index is 9.37.